The highest BCUT2D eigenvalue weighted by Gasteiger charge is 2.12. The Bertz CT molecular complexity index is 733. The zero-order chi connectivity index (χ0) is 14.7. The molecule has 0 radical (unpaired) electrons. The van der Waals surface area contributed by atoms with E-state index >= 15 is 0 Å². The van der Waals surface area contributed by atoms with E-state index in [1.165, 1.54) is 19.1 Å². The quantitative estimate of drug-likeness (QED) is 0.812. The number of thiazole rings is 1. The largest absolute Gasteiger partial charge is 0.465 e. The molecule has 1 amide bonds. The molecule has 0 aliphatic carbocycles. The van der Waals surface area contributed by atoms with Crippen molar-refractivity contribution in [2.24, 2.45) is 4.99 Å². The second-order valence-electron chi connectivity index (χ2n) is 4.02. The van der Waals surface area contributed by atoms with E-state index in [0.717, 1.165) is 11.3 Å². The molecule has 5 nitrogen and oxygen atoms in total. The van der Waals surface area contributed by atoms with Crippen molar-refractivity contribution in [2.45, 2.75) is 20.4 Å². The van der Waals surface area contributed by atoms with Gasteiger partial charge >= 0.3 is 5.97 Å². The van der Waals surface area contributed by atoms with Crippen molar-refractivity contribution in [1.82, 2.24) is 4.57 Å². The molecule has 0 spiro atoms. The number of aromatic nitrogens is 1. The number of ether oxygens (including phenoxy) is 1. The monoisotopic (exact) mass is 296 g/mol. The van der Waals surface area contributed by atoms with Crippen LogP contribution in [0.2, 0.25) is 0 Å². The Morgan fingerprint density at radius 3 is 2.85 bits per heavy atom. The van der Waals surface area contributed by atoms with Crippen LogP contribution in [-0.4, -0.2) is 23.1 Å². The summed E-state index contributed by atoms with van der Waals surface area (Å²) in [4.78, 5) is 27.0. The van der Waals surface area contributed by atoms with Crippen molar-refractivity contribution in [3.8, 4) is 0 Å². The van der Waals surface area contributed by atoms with Crippen LogP contribution in [0, 0.1) is 5.82 Å². The fraction of sp³-hybridized carbons (Fsp3) is 0.308. The average Bonchev–Trinajstić information content (AvgIpc) is 2.66. The Morgan fingerprint density at radius 2 is 2.20 bits per heavy atom. The molecule has 1 aromatic heterocycles. The highest BCUT2D eigenvalue weighted by molar-refractivity contribution is 7.16. The molecule has 0 unspecified atom stereocenters. The van der Waals surface area contributed by atoms with Crippen LogP contribution in [-0.2, 0) is 20.9 Å². The van der Waals surface area contributed by atoms with Crippen molar-refractivity contribution >= 4 is 33.4 Å². The number of hydrogen-bond donors (Lipinski definition) is 0. The smallest absolute Gasteiger partial charge is 0.326 e. The fourth-order valence-electron chi connectivity index (χ4n) is 1.76. The molecule has 1 heterocycles. The number of hydrogen-bond acceptors (Lipinski definition) is 4. The molecule has 0 atom stereocenters. The van der Waals surface area contributed by atoms with Crippen molar-refractivity contribution in [2.75, 3.05) is 6.61 Å². The van der Waals surface area contributed by atoms with Gasteiger partial charge in [0.1, 0.15) is 12.4 Å². The summed E-state index contributed by atoms with van der Waals surface area (Å²) < 4.78 is 20.3. The summed E-state index contributed by atoms with van der Waals surface area (Å²) >= 11 is 1.15. The summed E-state index contributed by atoms with van der Waals surface area (Å²) in [6.07, 6.45) is 0. The minimum Gasteiger partial charge on any atom is -0.465 e. The van der Waals surface area contributed by atoms with Crippen LogP contribution in [0.4, 0.5) is 4.39 Å². The van der Waals surface area contributed by atoms with Gasteiger partial charge in [-0.05, 0) is 25.1 Å². The van der Waals surface area contributed by atoms with Crippen LogP contribution in [0.5, 0.6) is 0 Å². The summed E-state index contributed by atoms with van der Waals surface area (Å²) in [5.74, 6) is -1.19. The van der Waals surface area contributed by atoms with Gasteiger partial charge in [-0.25, -0.2) is 4.39 Å². The maximum Gasteiger partial charge on any atom is 0.326 e. The summed E-state index contributed by atoms with van der Waals surface area (Å²) in [5.41, 5.74) is 0.643. The first-order valence-corrected chi connectivity index (χ1v) is 6.82. The normalized spacial score (nSPS) is 11.8. The molecule has 0 bridgehead atoms. The highest BCUT2D eigenvalue weighted by Crippen LogP contribution is 2.18. The van der Waals surface area contributed by atoms with Gasteiger partial charge in [-0.3, -0.25) is 9.59 Å². The second-order valence-corrected chi connectivity index (χ2v) is 5.03. The van der Waals surface area contributed by atoms with E-state index in [9.17, 15) is 14.0 Å². The van der Waals surface area contributed by atoms with Crippen molar-refractivity contribution < 1.29 is 18.7 Å². The Hall–Kier alpha value is -2.02. The SMILES string of the molecule is CCOC(=O)Cn1c(=NC(C)=O)sc2cc(F)ccc21. The minimum absolute atomic E-state index is 0.0639. The standard InChI is InChI=1S/C13H13FN2O3S/c1-3-19-12(18)7-16-10-5-4-9(14)6-11(10)20-13(16)15-8(2)17/h4-6H,3,7H2,1-2H3. The molecule has 2 aromatic rings. The fourth-order valence-corrected chi connectivity index (χ4v) is 2.85. The molecular formula is C13H13FN2O3S. The molecule has 1 aromatic carbocycles. The molecule has 0 saturated carbocycles. The number of carbonyl (C=O) groups excluding carboxylic acids is 2. The van der Waals surface area contributed by atoms with Crippen LogP contribution >= 0.6 is 11.3 Å². The predicted octanol–water partition coefficient (Wildman–Crippen LogP) is 1.85. The summed E-state index contributed by atoms with van der Waals surface area (Å²) in [6, 6.07) is 4.20. The highest BCUT2D eigenvalue weighted by atomic mass is 32.1. The third-order valence-corrected chi connectivity index (χ3v) is 3.53. The number of amides is 1. The Kier molecular flexibility index (Phi) is 4.29. The Labute approximate surface area is 118 Å². The summed E-state index contributed by atoms with van der Waals surface area (Å²) in [6.45, 7) is 3.24. The first kappa shape index (κ1) is 14.4. The summed E-state index contributed by atoms with van der Waals surface area (Å²) in [7, 11) is 0. The van der Waals surface area contributed by atoms with E-state index in [-0.39, 0.29) is 24.9 Å². The molecule has 0 fully saturated rings. The lowest BCUT2D eigenvalue weighted by Crippen LogP contribution is -2.22. The molecule has 106 valence electrons. The van der Waals surface area contributed by atoms with E-state index in [0.29, 0.717) is 15.0 Å². The molecule has 0 N–H and O–H groups in total. The maximum atomic E-state index is 13.2. The van der Waals surface area contributed by atoms with Crippen molar-refractivity contribution in [1.29, 1.82) is 0 Å². The number of rotatable bonds is 3. The van der Waals surface area contributed by atoms with Gasteiger partial charge in [-0.1, -0.05) is 11.3 Å². The van der Waals surface area contributed by atoms with Gasteiger partial charge in [0, 0.05) is 6.92 Å². The van der Waals surface area contributed by atoms with Crippen molar-refractivity contribution in [3.05, 3.63) is 28.8 Å². The van der Waals surface area contributed by atoms with Gasteiger partial charge in [-0.2, -0.15) is 4.99 Å². The topological polar surface area (TPSA) is 60.7 Å². The van der Waals surface area contributed by atoms with Crippen LogP contribution < -0.4 is 4.80 Å². The van der Waals surface area contributed by atoms with Gasteiger partial charge in [-0.15, -0.1) is 0 Å². The van der Waals surface area contributed by atoms with Crippen LogP contribution in [0.25, 0.3) is 10.2 Å². The first-order valence-electron chi connectivity index (χ1n) is 6.01. The number of halogens is 1. The molecular weight excluding hydrogens is 283 g/mol. The molecule has 2 rings (SSSR count). The van der Waals surface area contributed by atoms with Gasteiger partial charge in [0.25, 0.3) is 0 Å². The van der Waals surface area contributed by atoms with Gasteiger partial charge < -0.3 is 9.30 Å². The van der Waals surface area contributed by atoms with Crippen molar-refractivity contribution in [3.63, 3.8) is 0 Å². The molecule has 0 saturated heterocycles. The number of esters is 1. The molecule has 0 aliphatic rings. The van der Waals surface area contributed by atoms with E-state index in [4.69, 9.17) is 4.74 Å². The zero-order valence-electron chi connectivity index (χ0n) is 11.1. The van der Waals surface area contributed by atoms with Gasteiger partial charge in [0.05, 0.1) is 16.8 Å². The third-order valence-electron chi connectivity index (χ3n) is 2.49. The third kappa shape index (κ3) is 3.11. The van der Waals surface area contributed by atoms with Crippen LogP contribution in [0.3, 0.4) is 0 Å². The number of nitrogens with zero attached hydrogens (tertiary/aromatic N) is 2. The Morgan fingerprint density at radius 1 is 1.45 bits per heavy atom. The second kappa shape index (κ2) is 5.96. The van der Waals surface area contributed by atoms with E-state index in [1.54, 1.807) is 17.6 Å². The number of benzene rings is 1. The van der Waals surface area contributed by atoms with Gasteiger partial charge in [0.15, 0.2) is 4.80 Å². The van der Waals surface area contributed by atoms with E-state index < -0.39 is 5.97 Å². The lowest BCUT2D eigenvalue weighted by Gasteiger charge is -2.04. The van der Waals surface area contributed by atoms with E-state index in [1.807, 2.05) is 0 Å². The van der Waals surface area contributed by atoms with Crippen LogP contribution in [0.1, 0.15) is 13.8 Å². The minimum atomic E-state index is -0.429. The number of carbonyl (C=O) groups is 2. The predicted molar refractivity (Wildman–Crippen MR) is 72.7 cm³/mol. The molecule has 0 aliphatic heterocycles. The van der Waals surface area contributed by atoms with Crippen LogP contribution in [0.15, 0.2) is 23.2 Å². The average molecular weight is 296 g/mol. The van der Waals surface area contributed by atoms with E-state index in [2.05, 4.69) is 4.99 Å². The number of fused-ring (bicyclic) bond motifs is 1. The molecule has 7 heteroatoms. The maximum absolute atomic E-state index is 13.2. The summed E-state index contributed by atoms with van der Waals surface area (Å²) in [5, 5.41) is 0. The molecule has 20 heavy (non-hydrogen) atoms. The van der Waals surface area contributed by atoms with Gasteiger partial charge in [0.2, 0.25) is 5.91 Å². The lowest BCUT2D eigenvalue weighted by molar-refractivity contribution is -0.143. The lowest BCUT2D eigenvalue weighted by atomic mass is 10.3. The Balaban J connectivity index is 2.59. The zero-order valence-corrected chi connectivity index (χ0v) is 11.9. The first-order chi connectivity index (χ1) is 9.51.